The largest absolute Gasteiger partial charge is 0.422 e. The van der Waals surface area contributed by atoms with Gasteiger partial charge in [-0.25, -0.2) is 4.79 Å². The van der Waals surface area contributed by atoms with Crippen molar-refractivity contribution in [2.24, 2.45) is 5.92 Å². The standard InChI is InChI=1S/C28H35NO2/c1-3-5-6-8-22-11-18-27(26(19-22)20-29)31-28(30)25-16-14-24(15-17-25)23-12-9-21(7-4-2)10-13-23/h11,14-19,21,23H,3-10,12-13H2,1-2H3. The van der Waals surface area contributed by atoms with E-state index in [1.807, 2.05) is 24.3 Å². The van der Waals surface area contributed by atoms with Gasteiger partial charge in [-0.1, -0.05) is 57.7 Å². The van der Waals surface area contributed by atoms with Gasteiger partial charge in [-0.15, -0.1) is 0 Å². The van der Waals surface area contributed by atoms with E-state index in [1.165, 1.54) is 56.9 Å². The lowest BCUT2D eigenvalue weighted by Crippen LogP contribution is -2.14. The van der Waals surface area contributed by atoms with Gasteiger partial charge in [0.05, 0.1) is 11.1 Å². The minimum atomic E-state index is -0.409. The van der Waals surface area contributed by atoms with Crippen LogP contribution in [-0.2, 0) is 6.42 Å². The van der Waals surface area contributed by atoms with Crippen LogP contribution in [0.25, 0.3) is 0 Å². The summed E-state index contributed by atoms with van der Waals surface area (Å²) in [5.74, 6) is 1.42. The van der Waals surface area contributed by atoms with E-state index in [1.54, 1.807) is 6.07 Å². The monoisotopic (exact) mass is 417 g/mol. The molecule has 1 aliphatic carbocycles. The molecule has 1 aliphatic rings. The zero-order valence-corrected chi connectivity index (χ0v) is 19.0. The van der Waals surface area contributed by atoms with Crippen LogP contribution in [0.5, 0.6) is 5.75 Å². The second-order valence-electron chi connectivity index (χ2n) is 8.92. The Balaban J connectivity index is 1.60. The molecule has 31 heavy (non-hydrogen) atoms. The molecule has 0 atom stereocenters. The van der Waals surface area contributed by atoms with Crippen LogP contribution in [-0.4, -0.2) is 5.97 Å². The molecule has 0 aliphatic heterocycles. The number of rotatable bonds is 9. The summed E-state index contributed by atoms with van der Waals surface area (Å²) in [6, 6.07) is 15.6. The van der Waals surface area contributed by atoms with Gasteiger partial charge in [0.2, 0.25) is 0 Å². The number of nitrogens with zero attached hydrogens (tertiary/aromatic N) is 1. The minimum Gasteiger partial charge on any atom is -0.422 e. The Morgan fingerprint density at radius 2 is 1.74 bits per heavy atom. The fourth-order valence-corrected chi connectivity index (χ4v) is 4.73. The Hall–Kier alpha value is -2.60. The Labute approximate surface area is 187 Å². The van der Waals surface area contributed by atoms with Gasteiger partial charge in [-0.3, -0.25) is 0 Å². The first kappa shape index (κ1) is 23.1. The number of carbonyl (C=O) groups excluding carboxylic acids is 1. The quantitative estimate of drug-likeness (QED) is 0.240. The lowest BCUT2D eigenvalue weighted by atomic mass is 9.77. The number of ether oxygens (including phenoxy) is 1. The van der Waals surface area contributed by atoms with Crippen LogP contribution in [0.3, 0.4) is 0 Å². The molecule has 0 N–H and O–H groups in total. The van der Waals surface area contributed by atoms with Gasteiger partial charge in [0.25, 0.3) is 0 Å². The number of carbonyl (C=O) groups is 1. The maximum atomic E-state index is 12.6. The lowest BCUT2D eigenvalue weighted by Gasteiger charge is -2.28. The van der Waals surface area contributed by atoms with Crippen molar-refractivity contribution in [3.8, 4) is 11.8 Å². The van der Waals surface area contributed by atoms with Crippen LogP contribution < -0.4 is 4.74 Å². The fourth-order valence-electron chi connectivity index (χ4n) is 4.73. The second kappa shape index (κ2) is 11.7. The summed E-state index contributed by atoms with van der Waals surface area (Å²) in [4.78, 5) is 12.6. The van der Waals surface area contributed by atoms with Crippen LogP contribution in [0, 0.1) is 17.2 Å². The lowest BCUT2D eigenvalue weighted by molar-refractivity contribution is 0.0734. The molecule has 1 saturated carbocycles. The van der Waals surface area contributed by atoms with E-state index in [0.717, 1.165) is 24.3 Å². The summed E-state index contributed by atoms with van der Waals surface area (Å²) in [5.41, 5.74) is 3.38. The molecule has 0 unspecified atom stereocenters. The first-order chi connectivity index (χ1) is 15.1. The predicted molar refractivity (Wildman–Crippen MR) is 125 cm³/mol. The zero-order chi connectivity index (χ0) is 22.1. The highest BCUT2D eigenvalue weighted by molar-refractivity contribution is 5.91. The number of unbranched alkanes of at least 4 members (excludes halogenated alkanes) is 2. The van der Waals surface area contributed by atoms with Crippen molar-refractivity contribution in [2.75, 3.05) is 0 Å². The van der Waals surface area contributed by atoms with Gasteiger partial charge in [0.15, 0.2) is 0 Å². The van der Waals surface area contributed by atoms with Crippen LogP contribution in [0.1, 0.15) is 105 Å². The molecule has 0 radical (unpaired) electrons. The number of hydrogen-bond acceptors (Lipinski definition) is 3. The molecular formula is C28H35NO2. The van der Waals surface area contributed by atoms with Crippen molar-refractivity contribution < 1.29 is 9.53 Å². The molecule has 0 heterocycles. The average Bonchev–Trinajstić information content (AvgIpc) is 2.81. The van der Waals surface area contributed by atoms with E-state index in [9.17, 15) is 10.1 Å². The molecule has 0 saturated heterocycles. The zero-order valence-electron chi connectivity index (χ0n) is 19.0. The summed E-state index contributed by atoms with van der Waals surface area (Å²) in [6.07, 6.45) is 12.1. The van der Waals surface area contributed by atoms with E-state index in [-0.39, 0.29) is 0 Å². The summed E-state index contributed by atoms with van der Waals surface area (Å²) in [6.45, 7) is 4.44. The van der Waals surface area contributed by atoms with Crippen molar-refractivity contribution >= 4 is 5.97 Å². The van der Waals surface area contributed by atoms with Crippen molar-refractivity contribution in [2.45, 2.75) is 84.0 Å². The van der Waals surface area contributed by atoms with Gasteiger partial charge in [-0.05, 0) is 85.8 Å². The van der Waals surface area contributed by atoms with Crippen LogP contribution in [0.2, 0.25) is 0 Å². The molecule has 0 spiro atoms. The molecular weight excluding hydrogens is 382 g/mol. The van der Waals surface area contributed by atoms with Crippen LogP contribution >= 0.6 is 0 Å². The minimum absolute atomic E-state index is 0.338. The maximum absolute atomic E-state index is 12.6. The van der Waals surface area contributed by atoms with Gasteiger partial charge in [0.1, 0.15) is 11.8 Å². The smallest absolute Gasteiger partial charge is 0.343 e. The van der Waals surface area contributed by atoms with Crippen molar-refractivity contribution in [3.63, 3.8) is 0 Å². The van der Waals surface area contributed by atoms with Crippen LogP contribution in [0.4, 0.5) is 0 Å². The normalized spacial score (nSPS) is 18.4. The van der Waals surface area contributed by atoms with Crippen LogP contribution in [0.15, 0.2) is 42.5 Å². The predicted octanol–water partition coefficient (Wildman–Crippen LogP) is 7.58. The van der Waals surface area contributed by atoms with E-state index < -0.39 is 5.97 Å². The summed E-state index contributed by atoms with van der Waals surface area (Å²) < 4.78 is 5.57. The molecule has 164 valence electrons. The molecule has 0 aromatic heterocycles. The van der Waals surface area contributed by atoms with Gasteiger partial charge >= 0.3 is 5.97 Å². The Kier molecular flexibility index (Phi) is 8.71. The topological polar surface area (TPSA) is 50.1 Å². The first-order valence-electron chi connectivity index (χ1n) is 12.0. The average molecular weight is 418 g/mol. The molecule has 2 aromatic carbocycles. The van der Waals surface area contributed by atoms with Crippen molar-refractivity contribution in [1.29, 1.82) is 5.26 Å². The fraction of sp³-hybridized carbons (Fsp3) is 0.500. The highest BCUT2D eigenvalue weighted by Crippen LogP contribution is 2.37. The van der Waals surface area contributed by atoms with E-state index in [4.69, 9.17) is 4.74 Å². The first-order valence-corrected chi connectivity index (χ1v) is 12.0. The van der Waals surface area contributed by atoms with Crippen molar-refractivity contribution in [1.82, 2.24) is 0 Å². The van der Waals surface area contributed by atoms with E-state index in [2.05, 4.69) is 32.0 Å². The second-order valence-corrected chi connectivity index (χ2v) is 8.92. The third-order valence-electron chi connectivity index (χ3n) is 6.60. The van der Waals surface area contributed by atoms with Gasteiger partial charge in [0, 0.05) is 0 Å². The number of aryl methyl sites for hydroxylation is 1. The Morgan fingerprint density at radius 3 is 2.39 bits per heavy atom. The van der Waals surface area contributed by atoms with E-state index >= 15 is 0 Å². The third kappa shape index (κ3) is 6.44. The number of esters is 1. The SMILES string of the molecule is CCCCCc1ccc(OC(=O)c2ccc(C3CCC(CCC)CC3)cc2)c(C#N)c1. The molecule has 3 nitrogen and oxygen atoms in total. The molecule has 3 heteroatoms. The third-order valence-corrected chi connectivity index (χ3v) is 6.60. The number of nitriles is 1. The van der Waals surface area contributed by atoms with Gasteiger partial charge < -0.3 is 4.74 Å². The Bertz CT molecular complexity index is 886. The molecule has 0 bridgehead atoms. The highest BCUT2D eigenvalue weighted by atomic mass is 16.5. The molecule has 3 rings (SSSR count). The Morgan fingerprint density at radius 1 is 1.00 bits per heavy atom. The molecule has 1 fully saturated rings. The molecule has 2 aromatic rings. The van der Waals surface area contributed by atoms with E-state index in [0.29, 0.717) is 22.8 Å². The molecule has 0 amide bonds. The summed E-state index contributed by atoms with van der Waals surface area (Å²) in [5, 5.41) is 9.49. The van der Waals surface area contributed by atoms with Crippen molar-refractivity contribution in [3.05, 3.63) is 64.7 Å². The highest BCUT2D eigenvalue weighted by Gasteiger charge is 2.22. The summed E-state index contributed by atoms with van der Waals surface area (Å²) in [7, 11) is 0. The maximum Gasteiger partial charge on any atom is 0.343 e. The van der Waals surface area contributed by atoms with Gasteiger partial charge in [-0.2, -0.15) is 5.26 Å². The summed E-state index contributed by atoms with van der Waals surface area (Å²) >= 11 is 0. The number of hydrogen-bond donors (Lipinski definition) is 0. The number of benzene rings is 2.